The number of benzene rings is 3. The first-order valence-electron chi connectivity index (χ1n) is 11.6. The van der Waals surface area contributed by atoms with Crippen molar-refractivity contribution in [3.8, 4) is 16.9 Å². The maximum atomic E-state index is 12.9. The minimum atomic E-state index is -0.268. The Kier molecular flexibility index (Phi) is 6.83. The van der Waals surface area contributed by atoms with E-state index < -0.39 is 0 Å². The van der Waals surface area contributed by atoms with Crippen LogP contribution in [0.5, 0.6) is 0 Å². The topological polar surface area (TPSA) is 77.1 Å². The highest BCUT2D eigenvalue weighted by atomic mass is 35.5. The summed E-state index contributed by atoms with van der Waals surface area (Å²) in [6.45, 7) is 1.73. The Balaban J connectivity index is 1.37. The van der Waals surface area contributed by atoms with Crippen LogP contribution in [0.1, 0.15) is 32.0 Å². The van der Waals surface area contributed by atoms with Crippen molar-refractivity contribution in [3.05, 3.63) is 131 Å². The number of furan rings is 1. The van der Waals surface area contributed by atoms with Gasteiger partial charge in [0, 0.05) is 33.6 Å². The predicted octanol–water partition coefficient (Wildman–Crippen LogP) is 7.24. The molecule has 2 heterocycles. The summed E-state index contributed by atoms with van der Waals surface area (Å²) in [6.07, 6.45) is 6.64. The summed E-state index contributed by atoms with van der Waals surface area (Å²) in [5, 5.41) is 8.21. The second kappa shape index (κ2) is 10.5. The van der Waals surface area contributed by atoms with E-state index in [0.717, 1.165) is 22.5 Å². The van der Waals surface area contributed by atoms with Gasteiger partial charge in [0.1, 0.15) is 5.76 Å². The lowest BCUT2D eigenvalue weighted by atomic mass is 10.1. The van der Waals surface area contributed by atoms with Crippen LogP contribution in [-0.2, 0) is 0 Å². The Morgan fingerprint density at radius 3 is 2.35 bits per heavy atom. The predicted molar refractivity (Wildman–Crippen MR) is 145 cm³/mol. The van der Waals surface area contributed by atoms with Gasteiger partial charge in [-0.2, -0.15) is 5.10 Å². The van der Waals surface area contributed by atoms with Crippen LogP contribution in [0, 0.1) is 6.92 Å². The number of carbonyl (C=O) groups is 2. The largest absolute Gasteiger partial charge is 0.469 e. The summed E-state index contributed by atoms with van der Waals surface area (Å²) in [5.41, 5.74) is 4.87. The highest BCUT2D eigenvalue weighted by Gasteiger charge is 2.13. The normalized spacial score (nSPS) is 11.1. The van der Waals surface area contributed by atoms with Crippen LogP contribution < -0.4 is 5.32 Å². The Morgan fingerprint density at radius 1 is 0.946 bits per heavy atom. The van der Waals surface area contributed by atoms with Gasteiger partial charge in [-0.15, -0.1) is 0 Å². The zero-order valence-electron chi connectivity index (χ0n) is 19.9. The molecule has 2 aromatic heterocycles. The van der Waals surface area contributed by atoms with E-state index in [1.807, 2.05) is 60.8 Å². The number of hydrogen-bond donors (Lipinski definition) is 1. The van der Waals surface area contributed by atoms with Gasteiger partial charge < -0.3 is 9.73 Å². The van der Waals surface area contributed by atoms with E-state index in [0.29, 0.717) is 27.6 Å². The highest BCUT2D eigenvalue weighted by Crippen LogP contribution is 2.26. The lowest BCUT2D eigenvalue weighted by molar-refractivity contribution is 0.102. The minimum absolute atomic E-state index is 0.168. The first-order chi connectivity index (χ1) is 18.0. The Bertz CT molecular complexity index is 1580. The maximum Gasteiger partial charge on any atom is 0.259 e. The maximum absolute atomic E-state index is 12.9. The molecular formula is C30H22ClN3O3. The summed E-state index contributed by atoms with van der Waals surface area (Å²) < 4.78 is 6.97. The van der Waals surface area contributed by atoms with Crippen LogP contribution in [0.4, 0.5) is 5.69 Å². The Morgan fingerprint density at radius 2 is 1.68 bits per heavy atom. The van der Waals surface area contributed by atoms with Crippen molar-refractivity contribution >= 4 is 35.1 Å². The molecule has 0 saturated heterocycles. The zero-order chi connectivity index (χ0) is 25.8. The van der Waals surface area contributed by atoms with Crippen LogP contribution in [0.2, 0.25) is 5.02 Å². The number of allylic oxidation sites excluding steroid dienone is 1. The molecule has 1 amide bonds. The highest BCUT2D eigenvalue weighted by molar-refractivity contribution is 6.30. The second-order valence-corrected chi connectivity index (χ2v) is 8.78. The fourth-order valence-electron chi connectivity index (χ4n) is 3.85. The lowest BCUT2D eigenvalue weighted by Gasteiger charge is -2.05. The number of rotatable bonds is 7. The van der Waals surface area contributed by atoms with Crippen molar-refractivity contribution in [3.63, 3.8) is 0 Å². The number of nitrogens with one attached hydrogen (secondary N) is 1. The molecule has 0 radical (unpaired) electrons. The SMILES string of the molecule is Cc1occc1C(=O)Nc1ccc(C(=O)/C=C/c2cn(-c3ccccc3)nc2-c2ccc(Cl)cc2)cc1. The van der Waals surface area contributed by atoms with E-state index in [9.17, 15) is 9.59 Å². The molecule has 6 nitrogen and oxygen atoms in total. The molecule has 0 saturated carbocycles. The molecule has 5 aromatic rings. The van der Waals surface area contributed by atoms with Crippen molar-refractivity contribution in [2.24, 2.45) is 0 Å². The molecule has 1 N–H and O–H groups in total. The molecule has 0 spiro atoms. The van der Waals surface area contributed by atoms with Crippen molar-refractivity contribution < 1.29 is 14.0 Å². The number of hydrogen-bond acceptors (Lipinski definition) is 4. The number of ketones is 1. The van der Waals surface area contributed by atoms with Crippen molar-refractivity contribution in [1.82, 2.24) is 9.78 Å². The number of aromatic nitrogens is 2. The van der Waals surface area contributed by atoms with Crippen LogP contribution in [-0.4, -0.2) is 21.5 Å². The summed E-state index contributed by atoms with van der Waals surface area (Å²) in [6, 6.07) is 25.5. The molecule has 0 unspecified atom stereocenters. The molecule has 37 heavy (non-hydrogen) atoms. The average molecular weight is 508 g/mol. The second-order valence-electron chi connectivity index (χ2n) is 8.34. The zero-order valence-corrected chi connectivity index (χ0v) is 20.6. The molecule has 0 fully saturated rings. The quantitative estimate of drug-likeness (QED) is 0.186. The first kappa shape index (κ1) is 24.0. The molecule has 0 aliphatic heterocycles. The lowest BCUT2D eigenvalue weighted by Crippen LogP contribution is -2.12. The third-order valence-corrected chi connectivity index (χ3v) is 6.08. The van der Waals surface area contributed by atoms with E-state index in [2.05, 4.69) is 5.32 Å². The smallest absolute Gasteiger partial charge is 0.259 e. The molecular weight excluding hydrogens is 486 g/mol. The average Bonchev–Trinajstić information content (AvgIpc) is 3.55. The van der Waals surface area contributed by atoms with E-state index in [1.54, 1.807) is 48.0 Å². The van der Waals surface area contributed by atoms with E-state index in [-0.39, 0.29) is 11.7 Å². The Hall–Kier alpha value is -4.68. The molecule has 0 aliphatic rings. The Labute approximate surface area is 218 Å². The number of halogens is 1. The number of carbonyl (C=O) groups excluding carboxylic acids is 2. The monoisotopic (exact) mass is 507 g/mol. The van der Waals surface area contributed by atoms with Gasteiger partial charge in [-0.25, -0.2) is 4.68 Å². The van der Waals surface area contributed by atoms with Crippen molar-refractivity contribution in [1.29, 1.82) is 0 Å². The molecule has 182 valence electrons. The fraction of sp³-hybridized carbons (Fsp3) is 0.0333. The summed E-state index contributed by atoms with van der Waals surface area (Å²) in [5.74, 6) is 0.108. The van der Waals surface area contributed by atoms with Crippen LogP contribution in [0.15, 0.2) is 108 Å². The number of amides is 1. The van der Waals surface area contributed by atoms with Crippen LogP contribution in [0.3, 0.4) is 0 Å². The first-order valence-corrected chi connectivity index (χ1v) is 11.9. The van der Waals surface area contributed by atoms with Crippen molar-refractivity contribution in [2.75, 3.05) is 5.32 Å². The van der Waals surface area contributed by atoms with E-state index >= 15 is 0 Å². The van der Waals surface area contributed by atoms with Gasteiger partial charge in [0.25, 0.3) is 5.91 Å². The molecule has 3 aromatic carbocycles. The molecule has 0 bridgehead atoms. The van der Waals surface area contributed by atoms with Gasteiger partial charge in [0.15, 0.2) is 5.78 Å². The summed E-state index contributed by atoms with van der Waals surface area (Å²) in [7, 11) is 0. The standard InChI is InChI=1S/C30H22ClN3O3/c1-20-27(17-18-37-20)30(36)32-25-14-9-21(10-15-25)28(35)16-11-23-19-34(26-5-3-2-4-6-26)33-29(23)22-7-12-24(31)13-8-22/h2-19H,1H3,(H,32,36)/b16-11+. The van der Waals surface area contributed by atoms with Crippen LogP contribution in [0.25, 0.3) is 23.0 Å². The number of anilines is 1. The van der Waals surface area contributed by atoms with Gasteiger partial charge >= 0.3 is 0 Å². The van der Waals surface area contributed by atoms with Gasteiger partial charge in [-0.3, -0.25) is 9.59 Å². The summed E-state index contributed by atoms with van der Waals surface area (Å²) >= 11 is 6.07. The van der Waals surface area contributed by atoms with Crippen molar-refractivity contribution in [2.45, 2.75) is 6.92 Å². The van der Waals surface area contributed by atoms with Gasteiger partial charge in [-0.1, -0.05) is 41.9 Å². The van der Waals surface area contributed by atoms with Crippen LogP contribution >= 0.6 is 11.6 Å². The fourth-order valence-corrected chi connectivity index (χ4v) is 3.98. The third-order valence-electron chi connectivity index (χ3n) is 5.83. The molecule has 7 heteroatoms. The van der Waals surface area contributed by atoms with Gasteiger partial charge in [-0.05, 0) is 73.7 Å². The van der Waals surface area contributed by atoms with Gasteiger partial charge in [0.2, 0.25) is 0 Å². The van der Waals surface area contributed by atoms with Gasteiger partial charge in [0.05, 0.1) is 23.2 Å². The number of aryl methyl sites for hydroxylation is 1. The molecule has 0 aliphatic carbocycles. The number of nitrogens with zero attached hydrogens (tertiary/aromatic N) is 2. The number of para-hydroxylation sites is 1. The van der Waals surface area contributed by atoms with E-state index in [4.69, 9.17) is 21.1 Å². The molecule has 0 atom stereocenters. The summed E-state index contributed by atoms with van der Waals surface area (Å²) in [4.78, 5) is 25.3. The van der Waals surface area contributed by atoms with E-state index in [1.165, 1.54) is 12.3 Å². The minimum Gasteiger partial charge on any atom is -0.469 e. The third kappa shape index (κ3) is 5.44. The molecule has 5 rings (SSSR count).